The Kier molecular flexibility index (Phi) is 3.30. The fraction of sp³-hybridized carbons (Fsp3) is 0.200. The monoisotopic (exact) mass is 259 g/mol. The molecule has 0 aliphatic heterocycles. The molecule has 85 valence electrons. The molecule has 3 rings (SSSR count). The summed E-state index contributed by atoms with van der Waals surface area (Å²) in [5.41, 5.74) is 0. The van der Waals surface area contributed by atoms with Gasteiger partial charge in [0.2, 0.25) is 0 Å². The van der Waals surface area contributed by atoms with Crippen LogP contribution >= 0.6 is 0 Å². The summed E-state index contributed by atoms with van der Waals surface area (Å²) in [6, 6.07) is 4.10. The second kappa shape index (κ2) is 5.07. The molecule has 0 atom stereocenters. The normalized spacial score (nSPS) is 18.6. The van der Waals surface area contributed by atoms with Gasteiger partial charge in [-0.05, 0) is 0 Å². The zero-order chi connectivity index (χ0) is 11.5. The molecule has 2 aliphatic carbocycles. The van der Waals surface area contributed by atoms with Gasteiger partial charge in [-0.3, -0.25) is 0 Å². The second-order valence-electron chi connectivity index (χ2n) is 4.42. The minimum atomic E-state index is -1.28. The van der Waals surface area contributed by atoms with Gasteiger partial charge in [0, 0.05) is 0 Å². The van der Waals surface area contributed by atoms with Crippen LogP contribution in [0.2, 0.25) is 8.45 Å². The van der Waals surface area contributed by atoms with Crippen molar-refractivity contribution < 1.29 is 22.3 Å². The molecule has 1 aromatic rings. The van der Waals surface area contributed by atoms with E-state index < -0.39 is 17.9 Å². The van der Waals surface area contributed by atoms with Crippen molar-refractivity contribution in [3.05, 3.63) is 72.8 Å². The van der Waals surface area contributed by atoms with Gasteiger partial charge < -0.3 is 0 Å². The van der Waals surface area contributed by atoms with Gasteiger partial charge in [-0.2, -0.15) is 0 Å². The fourth-order valence-electron chi connectivity index (χ4n) is 2.43. The van der Waals surface area contributed by atoms with Crippen LogP contribution in [0, 0.1) is 0 Å². The molecule has 0 fully saturated rings. The summed E-state index contributed by atoms with van der Waals surface area (Å²) in [6.45, 7) is 0. The van der Waals surface area contributed by atoms with Gasteiger partial charge in [-0.15, -0.1) is 0 Å². The first kappa shape index (κ1) is 11.1. The van der Waals surface area contributed by atoms with Gasteiger partial charge in [0.05, 0.1) is 0 Å². The number of furan rings is 1. The van der Waals surface area contributed by atoms with Crippen molar-refractivity contribution in [3.63, 3.8) is 0 Å². The topological polar surface area (TPSA) is 13.1 Å². The molecule has 0 unspecified atom stereocenters. The van der Waals surface area contributed by atoms with Crippen molar-refractivity contribution >= 4 is 0 Å². The Hall–Kier alpha value is -1.05. The number of rotatable bonds is 4. The van der Waals surface area contributed by atoms with Crippen LogP contribution in [0.25, 0.3) is 0 Å². The third-order valence-electron chi connectivity index (χ3n) is 3.31. The molecule has 2 aliphatic rings. The Bertz CT molecular complexity index is 427. The van der Waals surface area contributed by atoms with Crippen molar-refractivity contribution in [1.29, 1.82) is 0 Å². The molecule has 0 radical (unpaired) electrons. The zero-order valence-corrected chi connectivity index (χ0v) is 11.2. The van der Waals surface area contributed by atoms with Crippen molar-refractivity contribution in [2.24, 2.45) is 0 Å². The number of hydrogen-bond acceptors (Lipinski definition) is 1. The van der Waals surface area contributed by atoms with Crippen LogP contribution in [0.1, 0.15) is 5.76 Å². The molecule has 2 heteroatoms. The van der Waals surface area contributed by atoms with E-state index in [1.807, 2.05) is 6.07 Å². The first-order valence-corrected chi connectivity index (χ1v) is 8.92. The van der Waals surface area contributed by atoms with Crippen molar-refractivity contribution in [1.82, 2.24) is 0 Å². The molecule has 17 heavy (non-hydrogen) atoms. The van der Waals surface area contributed by atoms with Crippen LogP contribution < -0.4 is 0 Å². The summed E-state index contributed by atoms with van der Waals surface area (Å²) < 4.78 is 8.07. The summed E-state index contributed by atoms with van der Waals surface area (Å²) in [4.78, 5) is 0. The van der Waals surface area contributed by atoms with Crippen molar-refractivity contribution in [2.75, 3.05) is 0 Å². The molecule has 1 heterocycles. The Balaban J connectivity index is 1.80. The van der Waals surface area contributed by atoms with Crippen LogP contribution in [0.3, 0.4) is 0 Å². The van der Waals surface area contributed by atoms with E-state index in [2.05, 4.69) is 54.7 Å². The molecule has 0 bridgehead atoms. The van der Waals surface area contributed by atoms with Crippen LogP contribution in [-0.4, -0.2) is 0 Å². The van der Waals surface area contributed by atoms with Gasteiger partial charge in [0.1, 0.15) is 0 Å². The molecule has 0 N–H and O–H groups in total. The molecule has 0 saturated carbocycles. The molecule has 0 amide bonds. The van der Waals surface area contributed by atoms with E-state index in [0.717, 1.165) is 10.5 Å². The van der Waals surface area contributed by atoms with Crippen LogP contribution in [0.5, 0.6) is 0 Å². The maximum atomic E-state index is 5.53. The SMILES string of the molecule is C1=C[CH]([Ti]([CH2]c2ccco2)[CH]2C=CC=C2)C=C1. The third kappa shape index (κ3) is 2.46. The maximum absolute atomic E-state index is 5.53. The van der Waals surface area contributed by atoms with Gasteiger partial charge in [-0.1, -0.05) is 0 Å². The Morgan fingerprint density at radius 3 is 2.00 bits per heavy atom. The quantitative estimate of drug-likeness (QED) is 0.737. The molecular weight excluding hydrogens is 244 g/mol. The van der Waals surface area contributed by atoms with Gasteiger partial charge in [0.15, 0.2) is 0 Å². The van der Waals surface area contributed by atoms with E-state index in [0.29, 0.717) is 8.45 Å². The average molecular weight is 259 g/mol. The molecule has 1 aromatic heterocycles. The van der Waals surface area contributed by atoms with Gasteiger partial charge >= 0.3 is 108 Å². The summed E-state index contributed by atoms with van der Waals surface area (Å²) in [5.74, 6) is 1.16. The molecule has 0 saturated heterocycles. The number of allylic oxidation sites excluding steroid dienone is 8. The Morgan fingerprint density at radius 1 is 0.941 bits per heavy atom. The Labute approximate surface area is 108 Å². The fourth-order valence-corrected chi connectivity index (χ4v) is 7.04. The third-order valence-corrected chi connectivity index (χ3v) is 8.37. The van der Waals surface area contributed by atoms with Crippen LogP contribution in [0.15, 0.2) is 71.4 Å². The van der Waals surface area contributed by atoms with Gasteiger partial charge in [-0.25, -0.2) is 0 Å². The second-order valence-corrected chi connectivity index (χ2v) is 8.85. The molecular formula is C15H15OTi. The van der Waals surface area contributed by atoms with E-state index in [1.54, 1.807) is 6.26 Å². The van der Waals surface area contributed by atoms with E-state index in [9.17, 15) is 0 Å². The van der Waals surface area contributed by atoms with Crippen LogP contribution in [-0.2, 0) is 22.6 Å². The van der Waals surface area contributed by atoms with E-state index >= 15 is 0 Å². The Morgan fingerprint density at radius 2 is 1.53 bits per heavy atom. The van der Waals surface area contributed by atoms with Crippen molar-refractivity contribution in [2.45, 2.75) is 13.2 Å². The first-order chi connectivity index (χ1) is 8.43. The van der Waals surface area contributed by atoms with E-state index in [-0.39, 0.29) is 0 Å². The average Bonchev–Trinajstić information content (AvgIpc) is 3.09. The van der Waals surface area contributed by atoms with E-state index in [4.69, 9.17) is 4.42 Å². The predicted molar refractivity (Wildman–Crippen MR) is 66.5 cm³/mol. The van der Waals surface area contributed by atoms with E-state index in [1.165, 1.54) is 0 Å². The molecule has 1 nitrogen and oxygen atoms in total. The number of hydrogen-bond donors (Lipinski definition) is 0. The summed E-state index contributed by atoms with van der Waals surface area (Å²) in [6.07, 6.45) is 20.0. The van der Waals surface area contributed by atoms with Crippen LogP contribution in [0.4, 0.5) is 0 Å². The summed E-state index contributed by atoms with van der Waals surface area (Å²) in [7, 11) is 0. The summed E-state index contributed by atoms with van der Waals surface area (Å²) in [5, 5.41) is 0. The molecule has 0 aromatic carbocycles. The standard InChI is InChI=1S/C5H5O.2C5H5.Ti/c1-5-3-2-4-6-5;2*1-2-4-5-3-1;/h2-4H,1H2;2*1-5H;. The first-order valence-electron chi connectivity index (χ1n) is 6.01. The predicted octanol–water partition coefficient (Wildman–Crippen LogP) is 4.23. The summed E-state index contributed by atoms with van der Waals surface area (Å²) >= 11 is -1.28. The minimum absolute atomic E-state index is 0.692. The van der Waals surface area contributed by atoms with Crippen molar-refractivity contribution in [3.8, 4) is 0 Å². The molecule has 0 spiro atoms. The van der Waals surface area contributed by atoms with Gasteiger partial charge in [0.25, 0.3) is 0 Å². The zero-order valence-electron chi connectivity index (χ0n) is 9.62.